The fraction of sp³-hybridized carbons (Fsp3) is 0.231. The van der Waals surface area contributed by atoms with Gasteiger partial charge in [0.05, 0.1) is 0 Å². The van der Waals surface area contributed by atoms with Crippen molar-refractivity contribution in [3.63, 3.8) is 0 Å². The summed E-state index contributed by atoms with van der Waals surface area (Å²) in [7, 11) is 0. The lowest BCUT2D eigenvalue weighted by molar-refractivity contribution is 0.619. The van der Waals surface area contributed by atoms with Crippen LogP contribution in [-0.4, -0.2) is 9.97 Å². The molecule has 100 valence electrons. The van der Waals surface area contributed by atoms with Gasteiger partial charge in [0.25, 0.3) is 0 Å². The van der Waals surface area contributed by atoms with E-state index in [0.29, 0.717) is 29.4 Å². The van der Waals surface area contributed by atoms with Crippen LogP contribution in [0.1, 0.15) is 18.3 Å². The van der Waals surface area contributed by atoms with Gasteiger partial charge in [0.1, 0.15) is 23.3 Å². The first-order chi connectivity index (χ1) is 9.12. The van der Waals surface area contributed by atoms with Crippen LogP contribution < -0.4 is 16.6 Å². The molecule has 4 N–H and O–H groups in total. The number of benzene rings is 1. The van der Waals surface area contributed by atoms with Gasteiger partial charge >= 0.3 is 0 Å². The fourth-order valence-electron chi connectivity index (χ4n) is 1.66. The average molecular weight is 261 g/mol. The summed E-state index contributed by atoms with van der Waals surface area (Å²) in [5.41, 5.74) is 3.84. The molecule has 0 bridgehead atoms. The number of nitrogens with zero attached hydrogens (tertiary/aromatic N) is 2. The number of aryl methyl sites for hydroxylation is 2. The van der Waals surface area contributed by atoms with E-state index in [4.69, 9.17) is 5.84 Å². The number of hydrazine groups is 1. The maximum Gasteiger partial charge on any atom is 0.145 e. The van der Waals surface area contributed by atoms with Gasteiger partial charge in [-0.3, -0.25) is 0 Å². The van der Waals surface area contributed by atoms with Crippen LogP contribution >= 0.6 is 0 Å². The second-order valence-electron chi connectivity index (χ2n) is 4.14. The zero-order valence-corrected chi connectivity index (χ0v) is 10.9. The molecule has 1 aromatic carbocycles. The van der Waals surface area contributed by atoms with Crippen LogP contribution in [0.5, 0.6) is 0 Å². The SMILES string of the molecule is CCc1nc(NN)cc(Nc2ccc(F)c(C)c2)n1. The Bertz CT molecular complexity index is 563. The van der Waals surface area contributed by atoms with Crippen LogP contribution in [0.3, 0.4) is 0 Å². The van der Waals surface area contributed by atoms with Crippen molar-refractivity contribution in [2.45, 2.75) is 20.3 Å². The Morgan fingerprint density at radius 1 is 1.21 bits per heavy atom. The van der Waals surface area contributed by atoms with Crippen LogP contribution in [0.15, 0.2) is 24.3 Å². The molecule has 6 heteroatoms. The molecule has 2 aromatic rings. The monoisotopic (exact) mass is 261 g/mol. The van der Waals surface area contributed by atoms with Crippen molar-refractivity contribution in [3.8, 4) is 0 Å². The summed E-state index contributed by atoms with van der Waals surface area (Å²) >= 11 is 0. The van der Waals surface area contributed by atoms with Gasteiger partial charge in [0.2, 0.25) is 0 Å². The molecule has 0 amide bonds. The van der Waals surface area contributed by atoms with Gasteiger partial charge in [-0.2, -0.15) is 0 Å². The molecule has 0 aliphatic carbocycles. The maximum atomic E-state index is 13.2. The summed E-state index contributed by atoms with van der Waals surface area (Å²) in [6.45, 7) is 3.67. The molecule has 0 aliphatic rings. The summed E-state index contributed by atoms with van der Waals surface area (Å²) in [6, 6.07) is 6.49. The lowest BCUT2D eigenvalue weighted by Crippen LogP contribution is -2.11. The molecule has 1 aromatic heterocycles. The normalized spacial score (nSPS) is 10.3. The van der Waals surface area contributed by atoms with Gasteiger partial charge < -0.3 is 10.7 Å². The van der Waals surface area contributed by atoms with E-state index in [-0.39, 0.29) is 5.82 Å². The van der Waals surface area contributed by atoms with Gasteiger partial charge in [-0.25, -0.2) is 20.2 Å². The van der Waals surface area contributed by atoms with E-state index < -0.39 is 0 Å². The molecule has 0 radical (unpaired) electrons. The fourth-order valence-corrected chi connectivity index (χ4v) is 1.66. The van der Waals surface area contributed by atoms with Crippen LogP contribution in [0.25, 0.3) is 0 Å². The molecule has 0 spiro atoms. The number of nitrogens with one attached hydrogen (secondary N) is 2. The number of hydrogen-bond acceptors (Lipinski definition) is 5. The van der Waals surface area contributed by atoms with E-state index in [1.54, 1.807) is 25.1 Å². The largest absolute Gasteiger partial charge is 0.340 e. The van der Waals surface area contributed by atoms with Crippen molar-refractivity contribution < 1.29 is 4.39 Å². The average Bonchev–Trinajstić information content (AvgIpc) is 2.42. The van der Waals surface area contributed by atoms with Crippen LogP contribution in [0, 0.1) is 12.7 Å². The lowest BCUT2D eigenvalue weighted by atomic mass is 10.2. The third-order valence-electron chi connectivity index (χ3n) is 2.67. The quantitative estimate of drug-likeness (QED) is 0.582. The predicted molar refractivity (Wildman–Crippen MR) is 73.6 cm³/mol. The highest BCUT2D eigenvalue weighted by atomic mass is 19.1. The Morgan fingerprint density at radius 2 is 1.95 bits per heavy atom. The van der Waals surface area contributed by atoms with Crippen LogP contribution in [-0.2, 0) is 6.42 Å². The van der Waals surface area contributed by atoms with Crippen molar-refractivity contribution in [1.82, 2.24) is 9.97 Å². The lowest BCUT2D eigenvalue weighted by Gasteiger charge is -2.09. The Balaban J connectivity index is 2.29. The zero-order chi connectivity index (χ0) is 13.8. The van der Waals surface area contributed by atoms with Gasteiger partial charge in [0, 0.05) is 18.2 Å². The molecule has 0 saturated heterocycles. The Kier molecular flexibility index (Phi) is 3.91. The number of anilines is 3. The first-order valence-corrected chi connectivity index (χ1v) is 6.00. The first kappa shape index (κ1) is 13.2. The number of aromatic nitrogens is 2. The molecule has 0 fully saturated rings. The van der Waals surface area contributed by atoms with E-state index in [1.807, 2.05) is 6.92 Å². The number of halogens is 1. The maximum absolute atomic E-state index is 13.2. The van der Waals surface area contributed by atoms with Crippen LogP contribution in [0.4, 0.5) is 21.7 Å². The Morgan fingerprint density at radius 3 is 2.58 bits per heavy atom. The number of nitrogens with two attached hydrogens (primary N) is 1. The summed E-state index contributed by atoms with van der Waals surface area (Å²) < 4.78 is 13.2. The van der Waals surface area contributed by atoms with Crippen LogP contribution in [0.2, 0.25) is 0 Å². The third-order valence-corrected chi connectivity index (χ3v) is 2.67. The third kappa shape index (κ3) is 3.17. The van der Waals surface area contributed by atoms with Gasteiger partial charge in [-0.05, 0) is 30.7 Å². The highest BCUT2D eigenvalue weighted by molar-refractivity contribution is 5.59. The minimum Gasteiger partial charge on any atom is -0.340 e. The molecular weight excluding hydrogens is 245 g/mol. The molecule has 2 rings (SSSR count). The highest BCUT2D eigenvalue weighted by Crippen LogP contribution is 2.19. The summed E-state index contributed by atoms with van der Waals surface area (Å²) in [5, 5.41) is 3.11. The number of rotatable bonds is 4. The zero-order valence-electron chi connectivity index (χ0n) is 10.9. The summed E-state index contributed by atoms with van der Waals surface area (Å²) in [5.74, 6) is 6.96. The second-order valence-corrected chi connectivity index (χ2v) is 4.14. The van der Waals surface area contributed by atoms with Gasteiger partial charge in [-0.1, -0.05) is 6.92 Å². The second kappa shape index (κ2) is 5.62. The number of hydrogen-bond donors (Lipinski definition) is 3. The van der Waals surface area contributed by atoms with Gasteiger partial charge in [-0.15, -0.1) is 0 Å². The van der Waals surface area contributed by atoms with E-state index in [1.165, 1.54) is 6.07 Å². The predicted octanol–water partition coefficient (Wildman–Crippen LogP) is 2.52. The standard InChI is InChI=1S/C13H16FN5/c1-3-11-17-12(7-13(18-11)19-15)16-9-4-5-10(14)8(2)6-9/h4-7H,3,15H2,1-2H3,(H2,16,17,18,19). The minimum atomic E-state index is -0.230. The van der Waals surface area contributed by atoms with E-state index in [0.717, 1.165) is 5.69 Å². The summed E-state index contributed by atoms with van der Waals surface area (Å²) in [4.78, 5) is 8.53. The summed E-state index contributed by atoms with van der Waals surface area (Å²) in [6.07, 6.45) is 0.701. The molecule has 5 nitrogen and oxygen atoms in total. The minimum absolute atomic E-state index is 0.230. The molecule has 0 unspecified atom stereocenters. The number of nitrogen functional groups attached to an aromatic ring is 1. The molecule has 0 saturated carbocycles. The molecule has 0 aliphatic heterocycles. The van der Waals surface area contributed by atoms with Crippen molar-refractivity contribution >= 4 is 17.3 Å². The Labute approximate surface area is 111 Å². The topological polar surface area (TPSA) is 75.9 Å². The van der Waals surface area contributed by atoms with Crippen molar-refractivity contribution in [1.29, 1.82) is 0 Å². The Hall–Kier alpha value is -2.21. The smallest absolute Gasteiger partial charge is 0.145 e. The van der Waals surface area contributed by atoms with E-state index >= 15 is 0 Å². The van der Waals surface area contributed by atoms with Crippen molar-refractivity contribution in [2.75, 3.05) is 10.7 Å². The molecule has 19 heavy (non-hydrogen) atoms. The molecule has 1 heterocycles. The van der Waals surface area contributed by atoms with E-state index in [9.17, 15) is 4.39 Å². The highest BCUT2D eigenvalue weighted by Gasteiger charge is 2.04. The molecular formula is C13H16FN5. The van der Waals surface area contributed by atoms with Gasteiger partial charge in [0.15, 0.2) is 0 Å². The first-order valence-electron chi connectivity index (χ1n) is 6.00. The van der Waals surface area contributed by atoms with Crippen molar-refractivity contribution in [2.24, 2.45) is 5.84 Å². The molecule has 0 atom stereocenters. The van der Waals surface area contributed by atoms with Crippen molar-refractivity contribution in [3.05, 3.63) is 41.5 Å². The van der Waals surface area contributed by atoms with E-state index in [2.05, 4.69) is 20.7 Å².